The molecule has 1 aliphatic heterocycles. The first-order chi connectivity index (χ1) is 24.7. The average molecular weight is 732 g/mol. The average Bonchev–Trinajstić information content (AvgIpc) is 3.12. The Morgan fingerprint density at radius 1 is 0.686 bits per heavy atom. The number of aliphatic hydroxyl groups excluding tert-OH is 7. The van der Waals surface area contributed by atoms with E-state index in [4.69, 9.17) is 9.47 Å². The summed E-state index contributed by atoms with van der Waals surface area (Å²) in [5, 5.41) is 75.0. The largest absolute Gasteiger partial charge is 0.394 e. The van der Waals surface area contributed by atoms with Gasteiger partial charge in [-0.3, -0.25) is 4.79 Å². The zero-order chi connectivity index (χ0) is 37.7. The van der Waals surface area contributed by atoms with E-state index < -0.39 is 55.6 Å². The van der Waals surface area contributed by atoms with E-state index in [9.17, 15) is 40.5 Å². The zero-order valence-electron chi connectivity index (χ0n) is 32.1. The first-order valence-electron chi connectivity index (χ1n) is 20.6. The summed E-state index contributed by atoms with van der Waals surface area (Å²) in [6.45, 7) is 3.45. The molecule has 1 aliphatic rings. The molecule has 0 aliphatic carbocycles. The zero-order valence-corrected chi connectivity index (χ0v) is 32.1. The van der Waals surface area contributed by atoms with Crippen molar-refractivity contribution in [1.29, 1.82) is 0 Å². The van der Waals surface area contributed by atoms with E-state index in [1.807, 2.05) is 0 Å². The molecule has 1 heterocycles. The smallest absolute Gasteiger partial charge is 0.220 e. The molecule has 1 rings (SSSR count). The number of ether oxygens (including phenoxy) is 2. The van der Waals surface area contributed by atoms with E-state index in [-0.39, 0.29) is 25.0 Å². The Labute approximate surface area is 309 Å². The molecule has 0 aromatic rings. The summed E-state index contributed by atoms with van der Waals surface area (Å²) in [6.07, 6.45) is 18.0. The van der Waals surface area contributed by atoms with Crippen molar-refractivity contribution in [2.24, 2.45) is 0 Å². The summed E-state index contributed by atoms with van der Waals surface area (Å²) in [6, 6.07) is -1.02. The predicted octanol–water partition coefficient (Wildman–Crippen LogP) is 5.33. The van der Waals surface area contributed by atoms with Gasteiger partial charge in [0, 0.05) is 6.42 Å². The van der Waals surface area contributed by atoms with Crippen LogP contribution in [0.2, 0.25) is 0 Å². The Morgan fingerprint density at radius 2 is 1.20 bits per heavy atom. The molecular formula is C40H77NO10. The molecule has 0 aromatic carbocycles. The summed E-state index contributed by atoms with van der Waals surface area (Å²) < 4.78 is 11.1. The van der Waals surface area contributed by atoms with Crippen LogP contribution in [0, 0.1) is 0 Å². The van der Waals surface area contributed by atoms with Gasteiger partial charge in [-0.05, 0) is 51.4 Å². The fourth-order valence-electron chi connectivity index (χ4n) is 6.56. The lowest BCUT2D eigenvalue weighted by Gasteiger charge is -2.40. The number of nitrogens with one attached hydrogen (secondary N) is 1. The van der Waals surface area contributed by atoms with Crippen LogP contribution < -0.4 is 5.32 Å². The molecule has 0 bridgehead atoms. The van der Waals surface area contributed by atoms with Crippen LogP contribution in [-0.2, 0) is 14.3 Å². The van der Waals surface area contributed by atoms with Crippen molar-refractivity contribution < 1.29 is 50.0 Å². The Bertz CT molecular complexity index is 846. The quantitative estimate of drug-likeness (QED) is 0.0324. The standard InChI is InChI=1S/C40H77NO10/c1-3-5-7-9-10-11-12-13-14-15-16-20-24-28-35(45)41-32(30-50-40-39(49)38(48)37(47)34(29-42)51-40)36(46)33(44)27-23-19-17-18-22-26-31(43)25-21-8-6-4-2/h11-12,31-34,36-40,42-44,46-49H,3-10,13-30H2,1-2H3,(H,41,45)/b12-11+/t31?,32?,33?,34-,36?,37-,38+,39-,40-/m1/s1. The van der Waals surface area contributed by atoms with Crippen LogP contribution in [0.15, 0.2) is 12.2 Å². The molecule has 11 heteroatoms. The SMILES string of the molecule is CCCCCC/C=C/CCCCCCCC(=O)NC(CO[C@@H]1O[C@H](CO)[C@@H](O)[C@H](O)[C@H]1O)C(O)C(O)CCCCCCCC(O)CCCCCC. The van der Waals surface area contributed by atoms with Crippen molar-refractivity contribution in [3.8, 4) is 0 Å². The Hall–Kier alpha value is -1.15. The number of carbonyl (C=O) groups excluding carboxylic acids is 1. The lowest BCUT2D eigenvalue weighted by Crippen LogP contribution is -2.60. The number of carbonyl (C=O) groups is 1. The lowest BCUT2D eigenvalue weighted by atomic mass is 9.98. The second kappa shape index (κ2) is 31.2. The molecule has 1 amide bonds. The van der Waals surface area contributed by atoms with Gasteiger partial charge in [0.1, 0.15) is 30.5 Å². The molecule has 0 saturated carbocycles. The number of rotatable bonds is 33. The van der Waals surface area contributed by atoms with Crippen LogP contribution in [0.25, 0.3) is 0 Å². The molecule has 302 valence electrons. The van der Waals surface area contributed by atoms with Crippen LogP contribution in [0.1, 0.15) is 168 Å². The van der Waals surface area contributed by atoms with E-state index in [1.54, 1.807) is 0 Å². The van der Waals surface area contributed by atoms with Gasteiger partial charge in [-0.1, -0.05) is 122 Å². The summed E-state index contributed by atoms with van der Waals surface area (Å²) in [7, 11) is 0. The van der Waals surface area contributed by atoms with Crippen molar-refractivity contribution >= 4 is 5.91 Å². The van der Waals surface area contributed by atoms with E-state index in [2.05, 4.69) is 31.3 Å². The molecule has 9 atom stereocenters. The van der Waals surface area contributed by atoms with Gasteiger partial charge in [-0.15, -0.1) is 0 Å². The summed E-state index contributed by atoms with van der Waals surface area (Å²) >= 11 is 0. The lowest BCUT2D eigenvalue weighted by molar-refractivity contribution is -0.303. The van der Waals surface area contributed by atoms with E-state index in [0.717, 1.165) is 83.5 Å². The van der Waals surface area contributed by atoms with Gasteiger partial charge < -0.3 is 50.5 Å². The van der Waals surface area contributed by atoms with E-state index in [1.165, 1.54) is 44.9 Å². The maximum atomic E-state index is 12.9. The van der Waals surface area contributed by atoms with Gasteiger partial charge in [0.05, 0.1) is 31.5 Å². The fraction of sp³-hybridized carbons (Fsp3) is 0.925. The number of unbranched alkanes of at least 4 members (excludes halogenated alkanes) is 16. The number of aliphatic hydroxyl groups is 7. The second-order valence-electron chi connectivity index (χ2n) is 14.7. The molecule has 8 N–H and O–H groups in total. The highest BCUT2D eigenvalue weighted by Gasteiger charge is 2.44. The minimum Gasteiger partial charge on any atom is -0.394 e. The highest BCUT2D eigenvalue weighted by atomic mass is 16.7. The summed E-state index contributed by atoms with van der Waals surface area (Å²) in [5.41, 5.74) is 0. The van der Waals surface area contributed by atoms with Crippen molar-refractivity contribution in [2.75, 3.05) is 13.2 Å². The van der Waals surface area contributed by atoms with Gasteiger partial charge >= 0.3 is 0 Å². The molecule has 0 radical (unpaired) electrons. The van der Waals surface area contributed by atoms with E-state index in [0.29, 0.717) is 19.3 Å². The van der Waals surface area contributed by atoms with Crippen LogP contribution in [0.5, 0.6) is 0 Å². The molecule has 1 fully saturated rings. The third-order valence-electron chi connectivity index (χ3n) is 10.0. The Morgan fingerprint density at radius 3 is 1.78 bits per heavy atom. The fourth-order valence-corrected chi connectivity index (χ4v) is 6.56. The predicted molar refractivity (Wildman–Crippen MR) is 201 cm³/mol. The number of allylic oxidation sites excluding steroid dienone is 2. The molecule has 11 nitrogen and oxygen atoms in total. The number of hydrogen-bond donors (Lipinski definition) is 8. The normalized spacial score (nSPS) is 23.4. The second-order valence-corrected chi connectivity index (χ2v) is 14.7. The number of amides is 1. The molecule has 0 spiro atoms. The van der Waals surface area contributed by atoms with Gasteiger partial charge in [0.15, 0.2) is 6.29 Å². The topological polar surface area (TPSA) is 189 Å². The third kappa shape index (κ3) is 22.6. The molecule has 1 saturated heterocycles. The maximum absolute atomic E-state index is 12.9. The highest BCUT2D eigenvalue weighted by molar-refractivity contribution is 5.76. The first-order valence-corrected chi connectivity index (χ1v) is 20.6. The van der Waals surface area contributed by atoms with Gasteiger partial charge in [-0.25, -0.2) is 0 Å². The summed E-state index contributed by atoms with van der Waals surface area (Å²) in [4.78, 5) is 12.9. The summed E-state index contributed by atoms with van der Waals surface area (Å²) in [5.74, 6) is -0.290. The molecule has 0 aromatic heterocycles. The minimum atomic E-state index is -1.62. The van der Waals surface area contributed by atoms with Crippen molar-refractivity contribution in [3.05, 3.63) is 12.2 Å². The Balaban J connectivity index is 2.50. The van der Waals surface area contributed by atoms with Crippen molar-refractivity contribution in [2.45, 2.75) is 223 Å². The highest BCUT2D eigenvalue weighted by Crippen LogP contribution is 2.23. The first kappa shape index (κ1) is 47.9. The molecular weight excluding hydrogens is 654 g/mol. The van der Waals surface area contributed by atoms with Gasteiger partial charge in [-0.2, -0.15) is 0 Å². The van der Waals surface area contributed by atoms with Crippen LogP contribution in [0.3, 0.4) is 0 Å². The van der Waals surface area contributed by atoms with Gasteiger partial charge in [0.2, 0.25) is 5.91 Å². The number of hydrogen-bond acceptors (Lipinski definition) is 10. The van der Waals surface area contributed by atoms with Crippen LogP contribution in [-0.4, -0.2) is 110 Å². The maximum Gasteiger partial charge on any atom is 0.220 e. The molecule has 51 heavy (non-hydrogen) atoms. The minimum absolute atomic E-state index is 0.238. The van der Waals surface area contributed by atoms with Gasteiger partial charge in [0.25, 0.3) is 0 Å². The van der Waals surface area contributed by atoms with Crippen LogP contribution in [0.4, 0.5) is 0 Å². The Kier molecular flexibility index (Phi) is 29.3. The van der Waals surface area contributed by atoms with Crippen molar-refractivity contribution in [1.82, 2.24) is 5.32 Å². The third-order valence-corrected chi connectivity index (χ3v) is 10.0. The molecule has 4 unspecified atom stereocenters. The van der Waals surface area contributed by atoms with E-state index >= 15 is 0 Å². The van der Waals surface area contributed by atoms with Crippen LogP contribution >= 0.6 is 0 Å². The monoisotopic (exact) mass is 732 g/mol. The van der Waals surface area contributed by atoms with Crippen molar-refractivity contribution in [3.63, 3.8) is 0 Å².